The third kappa shape index (κ3) is 5.94. The normalized spacial score (nSPS) is 13.5. The fourth-order valence-corrected chi connectivity index (χ4v) is 0.386. The lowest BCUT2D eigenvalue weighted by Crippen LogP contribution is -2.14. The van der Waals surface area contributed by atoms with Gasteiger partial charge in [-0.2, -0.15) is 0 Å². The molecule has 0 bridgehead atoms. The summed E-state index contributed by atoms with van der Waals surface area (Å²) in [6, 6.07) is 0. The Morgan fingerprint density at radius 1 is 1.30 bits per heavy atom. The van der Waals surface area contributed by atoms with Gasteiger partial charge in [0.05, 0.1) is 13.2 Å². The van der Waals surface area contributed by atoms with Crippen LogP contribution < -0.4 is 0 Å². The van der Waals surface area contributed by atoms with Crippen molar-refractivity contribution in [1.82, 2.24) is 0 Å². The highest BCUT2D eigenvalue weighted by Crippen LogP contribution is 1.91. The molecule has 0 aromatic carbocycles. The molecule has 0 aromatic rings. The van der Waals surface area contributed by atoms with Gasteiger partial charge in [0.15, 0.2) is 0 Å². The summed E-state index contributed by atoms with van der Waals surface area (Å²) in [5.41, 5.74) is 0. The van der Waals surface area contributed by atoms with Gasteiger partial charge in [0.1, 0.15) is 6.61 Å². The van der Waals surface area contributed by atoms with Crippen molar-refractivity contribution in [2.24, 2.45) is 0 Å². The summed E-state index contributed by atoms with van der Waals surface area (Å²) in [5.74, 6) is 0. The highest BCUT2D eigenvalue weighted by atomic mass is 19.1. The molecule has 0 spiro atoms. The first-order chi connectivity index (χ1) is 4.81. The van der Waals surface area contributed by atoms with Crippen molar-refractivity contribution in [3.8, 4) is 0 Å². The van der Waals surface area contributed by atoms with Gasteiger partial charge in [-0.15, -0.1) is 0 Å². The maximum absolute atomic E-state index is 12.2. The Hall–Kier alpha value is -0.190. The van der Waals surface area contributed by atoms with Crippen LogP contribution in [0.5, 0.6) is 0 Å². The molecule has 0 amide bonds. The second-order valence-corrected chi connectivity index (χ2v) is 1.71. The fraction of sp³-hybridized carbons (Fsp3) is 1.00. The standard InChI is InChI=1S/C6H13FO3/c1-8-3-4-10-5-6(7)9-2/h6H,3-5H2,1-2H3. The Bertz CT molecular complexity index is 70.0. The lowest BCUT2D eigenvalue weighted by atomic mass is 10.7. The van der Waals surface area contributed by atoms with Crippen molar-refractivity contribution in [1.29, 1.82) is 0 Å². The number of methoxy groups -OCH3 is 2. The van der Waals surface area contributed by atoms with Crippen LogP contribution in [0.25, 0.3) is 0 Å². The molecule has 62 valence electrons. The van der Waals surface area contributed by atoms with E-state index in [1.54, 1.807) is 7.11 Å². The van der Waals surface area contributed by atoms with E-state index < -0.39 is 6.36 Å². The van der Waals surface area contributed by atoms with E-state index in [9.17, 15) is 4.39 Å². The highest BCUT2D eigenvalue weighted by Gasteiger charge is 2.01. The first kappa shape index (κ1) is 9.81. The minimum absolute atomic E-state index is 0.0279. The number of rotatable bonds is 6. The van der Waals surface area contributed by atoms with Crippen LogP contribution in [0.15, 0.2) is 0 Å². The van der Waals surface area contributed by atoms with Crippen molar-refractivity contribution in [2.45, 2.75) is 6.36 Å². The van der Waals surface area contributed by atoms with Gasteiger partial charge in [-0.05, 0) is 0 Å². The molecular weight excluding hydrogens is 139 g/mol. The van der Waals surface area contributed by atoms with Gasteiger partial charge in [-0.25, -0.2) is 4.39 Å². The van der Waals surface area contributed by atoms with Gasteiger partial charge in [0.25, 0.3) is 0 Å². The third-order valence-corrected chi connectivity index (χ3v) is 0.936. The molecule has 0 radical (unpaired) electrons. The van der Waals surface area contributed by atoms with Crippen LogP contribution in [-0.4, -0.2) is 40.4 Å². The van der Waals surface area contributed by atoms with E-state index in [0.29, 0.717) is 13.2 Å². The monoisotopic (exact) mass is 152 g/mol. The summed E-state index contributed by atoms with van der Waals surface area (Å²) in [4.78, 5) is 0. The topological polar surface area (TPSA) is 27.7 Å². The van der Waals surface area contributed by atoms with Gasteiger partial charge in [0, 0.05) is 14.2 Å². The van der Waals surface area contributed by atoms with Crippen LogP contribution >= 0.6 is 0 Å². The Labute approximate surface area is 60.1 Å². The molecule has 0 fully saturated rings. The quantitative estimate of drug-likeness (QED) is 0.521. The zero-order valence-electron chi connectivity index (χ0n) is 6.30. The van der Waals surface area contributed by atoms with Crippen LogP contribution in [0.3, 0.4) is 0 Å². The molecular formula is C6H13FO3. The smallest absolute Gasteiger partial charge is 0.222 e. The molecule has 0 rings (SSSR count). The van der Waals surface area contributed by atoms with Gasteiger partial charge in [-0.1, -0.05) is 0 Å². The van der Waals surface area contributed by atoms with E-state index in [1.807, 2.05) is 0 Å². The van der Waals surface area contributed by atoms with E-state index in [0.717, 1.165) is 0 Å². The molecule has 0 aliphatic heterocycles. The minimum Gasteiger partial charge on any atom is -0.382 e. The maximum atomic E-state index is 12.2. The van der Waals surface area contributed by atoms with Crippen LogP contribution in [0.4, 0.5) is 4.39 Å². The summed E-state index contributed by atoms with van der Waals surface area (Å²) in [5, 5.41) is 0. The van der Waals surface area contributed by atoms with Gasteiger partial charge < -0.3 is 14.2 Å². The summed E-state index contributed by atoms with van der Waals surface area (Å²) in [6.45, 7) is 0.858. The summed E-state index contributed by atoms with van der Waals surface area (Å²) < 4.78 is 25.9. The zero-order valence-corrected chi connectivity index (χ0v) is 6.30. The van der Waals surface area contributed by atoms with Crippen molar-refractivity contribution >= 4 is 0 Å². The Kier molecular flexibility index (Phi) is 6.79. The van der Waals surface area contributed by atoms with Crippen molar-refractivity contribution < 1.29 is 18.6 Å². The second-order valence-electron chi connectivity index (χ2n) is 1.71. The van der Waals surface area contributed by atoms with Crippen LogP contribution in [-0.2, 0) is 14.2 Å². The maximum Gasteiger partial charge on any atom is 0.222 e. The van der Waals surface area contributed by atoms with E-state index in [-0.39, 0.29) is 6.61 Å². The Morgan fingerprint density at radius 3 is 2.50 bits per heavy atom. The summed E-state index contributed by atoms with van der Waals surface area (Å²) >= 11 is 0. The SMILES string of the molecule is COCCOCC(F)OC. The van der Waals surface area contributed by atoms with E-state index in [1.165, 1.54) is 7.11 Å². The number of halogens is 1. The molecule has 0 saturated heterocycles. The van der Waals surface area contributed by atoms with Crippen molar-refractivity contribution in [3.05, 3.63) is 0 Å². The van der Waals surface area contributed by atoms with Gasteiger partial charge >= 0.3 is 0 Å². The Morgan fingerprint density at radius 2 is 2.00 bits per heavy atom. The number of ether oxygens (including phenoxy) is 3. The zero-order chi connectivity index (χ0) is 7.82. The average Bonchev–Trinajstić information content (AvgIpc) is 1.98. The Balaban J connectivity index is 2.89. The summed E-state index contributed by atoms with van der Waals surface area (Å²) in [6.07, 6.45) is -1.32. The predicted octanol–water partition coefficient (Wildman–Crippen LogP) is 0.591. The molecule has 0 aliphatic rings. The fourth-order valence-electron chi connectivity index (χ4n) is 0.386. The second kappa shape index (κ2) is 6.92. The van der Waals surface area contributed by atoms with Crippen LogP contribution in [0.2, 0.25) is 0 Å². The third-order valence-electron chi connectivity index (χ3n) is 0.936. The molecule has 4 heteroatoms. The first-order valence-electron chi connectivity index (χ1n) is 3.04. The molecule has 1 unspecified atom stereocenters. The highest BCUT2D eigenvalue weighted by molar-refractivity contribution is 4.35. The van der Waals surface area contributed by atoms with Crippen LogP contribution in [0.1, 0.15) is 0 Å². The lowest BCUT2D eigenvalue weighted by Gasteiger charge is -2.05. The van der Waals surface area contributed by atoms with Gasteiger partial charge in [0.2, 0.25) is 6.36 Å². The van der Waals surface area contributed by atoms with E-state index in [2.05, 4.69) is 9.47 Å². The largest absolute Gasteiger partial charge is 0.382 e. The lowest BCUT2D eigenvalue weighted by molar-refractivity contribution is -0.0720. The molecule has 10 heavy (non-hydrogen) atoms. The van der Waals surface area contributed by atoms with E-state index >= 15 is 0 Å². The number of alkyl halides is 1. The molecule has 0 heterocycles. The van der Waals surface area contributed by atoms with Crippen LogP contribution in [0, 0.1) is 0 Å². The van der Waals surface area contributed by atoms with E-state index in [4.69, 9.17) is 4.74 Å². The average molecular weight is 152 g/mol. The van der Waals surface area contributed by atoms with Gasteiger partial charge in [-0.3, -0.25) is 0 Å². The molecule has 1 atom stereocenters. The first-order valence-corrected chi connectivity index (χ1v) is 3.04. The molecule has 3 nitrogen and oxygen atoms in total. The van der Waals surface area contributed by atoms with Crippen molar-refractivity contribution in [3.63, 3.8) is 0 Å². The molecule has 0 aliphatic carbocycles. The number of hydrogen-bond acceptors (Lipinski definition) is 3. The summed E-state index contributed by atoms with van der Waals surface area (Å²) in [7, 11) is 2.86. The number of hydrogen-bond donors (Lipinski definition) is 0. The molecule has 0 aromatic heterocycles. The molecule has 0 N–H and O–H groups in total. The minimum atomic E-state index is -1.32. The molecule has 0 saturated carbocycles. The predicted molar refractivity (Wildman–Crippen MR) is 34.6 cm³/mol. The van der Waals surface area contributed by atoms with Crippen molar-refractivity contribution in [2.75, 3.05) is 34.0 Å².